The Kier molecular flexibility index (Phi) is 6.54. The molecule has 1 aliphatic carbocycles. The molecular formula is C26H19Cl2N5O8S2. The summed E-state index contributed by atoms with van der Waals surface area (Å²) in [6.07, 6.45) is 0. The van der Waals surface area contributed by atoms with Gasteiger partial charge in [0, 0.05) is 5.69 Å². The number of halogens is 2. The highest BCUT2D eigenvalue weighted by atomic mass is 35.5. The van der Waals surface area contributed by atoms with Gasteiger partial charge in [0.05, 0.1) is 22.4 Å². The Hall–Kier alpha value is -4.12. The van der Waals surface area contributed by atoms with Gasteiger partial charge in [0.15, 0.2) is 32.6 Å². The van der Waals surface area contributed by atoms with E-state index < -0.39 is 30.0 Å². The second-order valence-corrected chi connectivity index (χ2v) is 13.1. The summed E-state index contributed by atoms with van der Waals surface area (Å²) in [6.45, 7) is 3.58. The first-order valence-corrected chi connectivity index (χ1v) is 15.7. The van der Waals surface area contributed by atoms with Crippen LogP contribution in [0.4, 0.5) is 28.4 Å². The van der Waals surface area contributed by atoms with E-state index in [1.54, 1.807) is 19.1 Å². The summed E-state index contributed by atoms with van der Waals surface area (Å²) in [7, 11) is -9.77. The average molecular weight is 665 g/mol. The minimum atomic E-state index is -4.95. The maximum Gasteiger partial charge on any atom is 0.300 e. The number of nitrogens with two attached hydrogens (primary N) is 2. The van der Waals surface area contributed by atoms with Crippen molar-refractivity contribution in [2.24, 2.45) is 4.99 Å². The van der Waals surface area contributed by atoms with Gasteiger partial charge in [0.1, 0.15) is 26.9 Å². The third-order valence-corrected chi connectivity index (χ3v) is 9.28. The maximum atomic E-state index is 12.7. The molecule has 3 aliphatic rings. The van der Waals surface area contributed by atoms with E-state index in [4.69, 9.17) is 43.8 Å². The van der Waals surface area contributed by atoms with E-state index in [9.17, 15) is 25.9 Å². The monoisotopic (exact) mass is 663 g/mol. The molecule has 0 spiro atoms. The SMILES string of the molecule is Cc1cc(C)c(N=c2ccc3nc4c(Cl)c5c(c(Cl)c4oc-3c2S(=O)(=O)O)Nc2ccc(N)c(S(=O)(=O)O)c2O5)cc1N. The van der Waals surface area contributed by atoms with Gasteiger partial charge in [-0.2, -0.15) is 16.8 Å². The molecule has 7 N–H and O–H groups in total. The maximum absolute atomic E-state index is 12.7. The molecular weight excluding hydrogens is 645 g/mol. The number of fused-ring (bicyclic) bond motifs is 4. The minimum absolute atomic E-state index is 0.0163. The lowest BCUT2D eigenvalue weighted by Gasteiger charge is -2.26. The van der Waals surface area contributed by atoms with Crippen LogP contribution in [0.3, 0.4) is 0 Å². The van der Waals surface area contributed by atoms with Gasteiger partial charge in [-0.25, -0.2) is 9.98 Å². The molecule has 13 nitrogen and oxygen atoms in total. The van der Waals surface area contributed by atoms with Gasteiger partial charge in [-0.05, 0) is 55.3 Å². The number of nitrogens with one attached hydrogen (secondary N) is 1. The summed E-state index contributed by atoms with van der Waals surface area (Å²) in [4.78, 5) is 7.48. The van der Waals surface area contributed by atoms with Crippen molar-refractivity contribution in [1.82, 2.24) is 4.98 Å². The van der Waals surface area contributed by atoms with E-state index in [0.29, 0.717) is 16.9 Å². The summed E-state index contributed by atoms with van der Waals surface area (Å²) in [5.74, 6) is -0.874. The van der Waals surface area contributed by atoms with Crippen molar-refractivity contribution in [3.63, 3.8) is 0 Å². The summed E-state index contributed by atoms with van der Waals surface area (Å²) in [6, 6.07) is 8.69. The van der Waals surface area contributed by atoms with E-state index in [-0.39, 0.29) is 66.5 Å². The molecule has 0 radical (unpaired) electrons. The first-order chi connectivity index (χ1) is 20.1. The molecule has 0 saturated carbocycles. The Morgan fingerprint density at radius 1 is 0.884 bits per heavy atom. The van der Waals surface area contributed by atoms with Gasteiger partial charge in [-0.3, -0.25) is 9.11 Å². The molecule has 0 aromatic heterocycles. The summed E-state index contributed by atoms with van der Waals surface area (Å²) >= 11 is 13.3. The lowest BCUT2D eigenvalue weighted by atomic mass is 10.1. The van der Waals surface area contributed by atoms with Gasteiger partial charge in [0.25, 0.3) is 10.1 Å². The van der Waals surface area contributed by atoms with Crippen molar-refractivity contribution in [1.29, 1.82) is 0 Å². The zero-order valence-corrected chi connectivity index (χ0v) is 25.1. The fraction of sp³-hybridized carbons (Fsp3) is 0.0769. The van der Waals surface area contributed by atoms with Crippen LogP contribution in [0.25, 0.3) is 22.6 Å². The molecule has 43 heavy (non-hydrogen) atoms. The Balaban J connectivity index is 1.64. The highest BCUT2D eigenvalue weighted by Gasteiger charge is 2.34. The zero-order chi connectivity index (χ0) is 31.2. The zero-order valence-electron chi connectivity index (χ0n) is 21.9. The van der Waals surface area contributed by atoms with Crippen LogP contribution in [-0.2, 0) is 20.2 Å². The number of aromatic nitrogens is 1. The molecule has 0 atom stereocenters. The quantitative estimate of drug-likeness (QED) is 0.0887. The standard InChI is InChI=1S/C26H19Cl2N5O8S2/c1-9-7-10(2)16(8-12(9)30)31-15-6-5-14-22(26(15)43(37,38)39)41-24-18(28)19-23(17(27)20(24)33-14)40-21-13(32-19)4-3-11(29)25(21)42(34,35)36/h3-8,32H,29-30H2,1-2H3,(H,34,35,36)(H,37,38,39). The smallest absolute Gasteiger partial charge is 0.300 e. The van der Waals surface area contributed by atoms with Gasteiger partial charge in [-0.15, -0.1) is 0 Å². The van der Waals surface area contributed by atoms with Crippen LogP contribution in [-0.4, -0.2) is 30.9 Å². The average Bonchev–Trinajstić information content (AvgIpc) is 2.91. The van der Waals surface area contributed by atoms with Gasteiger partial charge < -0.3 is 25.9 Å². The number of nitrogens with zero attached hydrogens (tertiary/aromatic N) is 2. The summed E-state index contributed by atoms with van der Waals surface area (Å²) in [5, 5.41) is 2.35. The Morgan fingerprint density at radius 3 is 2.26 bits per heavy atom. The molecule has 0 bridgehead atoms. The molecule has 2 aliphatic heterocycles. The highest BCUT2D eigenvalue weighted by molar-refractivity contribution is 7.86. The van der Waals surface area contributed by atoms with Crippen molar-refractivity contribution in [2.75, 3.05) is 16.8 Å². The van der Waals surface area contributed by atoms with Crippen LogP contribution in [0.1, 0.15) is 11.1 Å². The normalized spacial score (nSPS) is 13.5. The molecule has 0 amide bonds. The molecule has 0 saturated heterocycles. The van der Waals surface area contributed by atoms with Crippen molar-refractivity contribution in [3.05, 3.63) is 62.9 Å². The molecule has 3 aromatic carbocycles. The predicted octanol–water partition coefficient (Wildman–Crippen LogP) is 5.60. The van der Waals surface area contributed by atoms with Crippen LogP contribution in [0, 0.1) is 13.8 Å². The number of ether oxygens (including phenoxy) is 1. The van der Waals surface area contributed by atoms with Crippen LogP contribution < -0.4 is 26.9 Å². The third kappa shape index (κ3) is 4.70. The molecule has 0 fully saturated rings. The van der Waals surface area contributed by atoms with E-state index in [1.165, 1.54) is 24.3 Å². The Morgan fingerprint density at radius 2 is 1.58 bits per heavy atom. The largest absolute Gasteiger partial charge is 0.450 e. The lowest BCUT2D eigenvalue weighted by molar-refractivity contribution is 0.450. The van der Waals surface area contributed by atoms with Gasteiger partial charge in [0.2, 0.25) is 0 Å². The first-order valence-electron chi connectivity index (χ1n) is 12.1. The number of rotatable bonds is 3. The van der Waals surface area contributed by atoms with Crippen LogP contribution >= 0.6 is 23.2 Å². The second kappa shape index (κ2) is 9.70. The Labute approximate surface area is 253 Å². The Bertz CT molecular complexity index is 2320. The fourth-order valence-corrected chi connectivity index (χ4v) is 6.74. The summed E-state index contributed by atoms with van der Waals surface area (Å²) in [5.41, 5.74) is 13.6. The third-order valence-electron chi connectivity index (χ3n) is 6.72. The van der Waals surface area contributed by atoms with E-state index in [0.717, 1.165) is 5.56 Å². The first kappa shape index (κ1) is 29.0. The van der Waals surface area contributed by atoms with E-state index >= 15 is 0 Å². The number of benzene rings is 4. The second-order valence-electron chi connectivity index (χ2n) is 9.63. The van der Waals surface area contributed by atoms with Crippen molar-refractivity contribution in [3.8, 4) is 23.0 Å². The van der Waals surface area contributed by atoms with Gasteiger partial charge >= 0.3 is 10.1 Å². The van der Waals surface area contributed by atoms with Crippen LogP contribution in [0.15, 0.2) is 55.6 Å². The molecule has 222 valence electrons. The minimum Gasteiger partial charge on any atom is -0.450 e. The lowest BCUT2D eigenvalue weighted by Crippen LogP contribution is -2.17. The van der Waals surface area contributed by atoms with Crippen molar-refractivity contribution < 1.29 is 35.1 Å². The van der Waals surface area contributed by atoms with Crippen molar-refractivity contribution in [2.45, 2.75) is 23.6 Å². The van der Waals surface area contributed by atoms with Crippen molar-refractivity contribution >= 4 is 83.0 Å². The number of nitrogen functional groups attached to an aromatic ring is 2. The number of anilines is 4. The molecule has 3 aromatic rings. The predicted molar refractivity (Wildman–Crippen MR) is 160 cm³/mol. The highest BCUT2D eigenvalue weighted by Crippen LogP contribution is 2.55. The van der Waals surface area contributed by atoms with E-state index in [2.05, 4.69) is 15.3 Å². The number of hydrogen-bond acceptors (Lipinski definition) is 11. The molecule has 0 unspecified atom stereocenters. The number of aryl methyl sites for hydroxylation is 2. The van der Waals surface area contributed by atoms with Gasteiger partial charge in [-0.1, -0.05) is 29.3 Å². The molecule has 6 rings (SSSR count). The topological polar surface area (TPSA) is 220 Å². The molecule has 2 heterocycles. The summed E-state index contributed by atoms with van der Waals surface area (Å²) < 4.78 is 81.2. The fourth-order valence-electron chi connectivity index (χ4n) is 4.71. The molecule has 17 heteroatoms. The van der Waals surface area contributed by atoms with Crippen LogP contribution in [0.2, 0.25) is 10.0 Å². The number of hydrogen-bond donors (Lipinski definition) is 5. The van der Waals surface area contributed by atoms with Crippen LogP contribution in [0.5, 0.6) is 11.5 Å². The van der Waals surface area contributed by atoms with E-state index in [1.807, 2.05) is 6.92 Å².